The molecule has 3 aromatic carbocycles. The van der Waals surface area contributed by atoms with Gasteiger partial charge in [0, 0.05) is 5.02 Å². The largest absolute Gasteiger partial charge is 0.379 e. The van der Waals surface area contributed by atoms with E-state index < -0.39 is 28.0 Å². The van der Waals surface area contributed by atoms with Crippen molar-refractivity contribution in [3.63, 3.8) is 0 Å². The van der Waals surface area contributed by atoms with Gasteiger partial charge in [0.05, 0.1) is 5.69 Å². The molecule has 172 valence electrons. The van der Waals surface area contributed by atoms with Gasteiger partial charge in [0.2, 0.25) is 0 Å². The molecule has 0 aromatic heterocycles. The van der Waals surface area contributed by atoms with Crippen LogP contribution in [0.5, 0.6) is 5.75 Å². The molecule has 1 aliphatic heterocycles. The fourth-order valence-electron chi connectivity index (χ4n) is 3.26. The first kappa shape index (κ1) is 23.2. The second-order valence-corrected chi connectivity index (χ2v) is 9.21. The number of imide groups is 2. The van der Waals surface area contributed by atoms with E-state index in [9.17, 15) is 22.8 Å². The van der Waals surface area contributed by atoms with Crippen molar-refractivity contribution in [1.29, 1.82) is 0 Å². The maximum absolute atomic E-state index is 13.1. The fourth-order valence-corrected chi connectivity index (χ4v) is 4.38. The van der Waals surface area contributed by atoms with Gasteiger partial charge in [-0.25, -0.2) is 9.69 Å². The summed E-state index contributed by atoms with van der Waals surface area (Å²) >= 11 is 6.12. The summed E-state index contributed by atoms with van der Waals surface area (Å²) in [7, 11) is -4.01. The van der Waals surface area contributed by atoms with E-state index in [0.717, 1.165) is 4.90 Å². The minimum Gasteiger partial charge on any atom is -0.379 e. The van der Waals surface area contributed by atoms with Crippen LogP contribution in [0.3, 0.4) is 0 Å². The van der Waals surface area contributed by atoms with Gasteiger partial charge in [-0.3, -0.25) is 14.9 Å². The van der Waals surface area contributed by atoms with Crippen LogP contribution in [0.4, 0.5) is 10.5 Å². The van der Waals surface area contributed by atoms with Gasteiger partial charge in [0.1, 0.15) is 16.2 Å². The molecule has 1 saturated heterocycles. The highest BCUT2D eigenvalue weighted by molar-refractivity contribution is 7.87. The van der Waals surface area contributed by atoms with E-state index in [1.54, 1.807) is 43.3 Å². The first-order valence-corrected chi connectivity index (χ1v) is 11.7. The molecule has 3 aromatic rings. The molecule has 0 radical (unpaired) electrons. The average molecular weight is 497 g/mol. The number of nitrogens with one attached hydrogen (secondary N) is 1. The second kappa shape index (κ2) is 9.12. The van der Waals surface area contributed by atoms with E-state index in [1.165, 1.54) is 42.5 Å². The molecule has 10 heteroatoms. The van der Waals surface area contributed by atoms with Crippen LogP contribution in [0, 0.1) is 6.92 Å². The van der Waals surface area contributed by atoms with E-state index in [-0.39, 0.29) is 21.9 Å². The van der Waals surface area contributed by atoms with Gasteiger partial charge in [0.25, 0.3) is 11.8 Å². The summed E-state index contributed by atoms with van der Waals surface area (Å²) in [6.07, 6.45) is 1.30. The van der Waals surface area contributed by atoms with Crippen LogP contribution in [0.25, 0.3) is 6.08 Å². The number of hydrogen-bond acceptors (Lipinski definition) is 6. The second-order valence-electron chi connectivity index (χ2n) is 7.26. The number of carbonyl (C=O) groups is 3. The van der Waals surface area contributed by atoms with Crippen LogP contribution in [0.2, 0.25) is 5.02 Å². The van der Waals surface area contributed by atoms with Gasteiger partial charge in [0.15, 0.2) is 0 Å². The van der Waals surface area contributed by atoms with E-state index in [4.69, 9.17) is 15.8 Å². The van der Waals surface area contributed by atoms with Crippen molar-refractivity contribution < 1.29 is 27.0 Å². The van der Waals surface area contributed by atoms with Gasteiger partial charge in [-0.2, -0.15) is 8.42 Å². The zero-order valence-corrected chi connectivity index (χ0v) is 19.3. The Balaban J connectivity index is 1.60. The monoisotopic (exact) mass is 496 g/mol. The lowest BCUT2D eigenvalue weighted by Gasteiger charge is -2.27. The van der Waals surface area contributed by atoms with Crippen molar-refractivity contribution in [2.75, 3.05) is 4.90 Å². The first-order valence-electron chi connectivity index (χ1n) is 9.93. The third-order valence-electron chi connectivity index (χ3n) is 5.01. The third kappa shape index (κ3) is 4.57. The molecular formula is C24H17ClN2O6S. The molecule has 1 fully saturated rings. The van der Waals surface area contributed by atoms with Crippen LogP contribution in [0.15, 0.2) is 83.3 Å². The standard InChI is InChI=1S/C24H17ClN2O6S/c1-15-20(25)8-5-9-21(15)27-23(29)19(22(28)26-24(27)30)14-16-10-12-17(13-11-16)33-34(31,32)18-6-3-2-4-7-18/h2-14H,1H3,(H,26,28,30)/b19-14+. The van der Waals surface area contributed by atoms with Gasteiger partial charge < -0.3 is 4.18 Å². The highest BCUT2D eigenvalue weighted by atomic mass is 35.5. The van der Waals surface area contributed by atoms with E-state index in [2.05, 4.69) is 5.32 Å². The summed E-state index contributed by atoms with van der Waals surface area (Å²) in [5.41, 5.74) is 0.899. The topological polar surface area (TPSA) is 110 Å². The molecule has 0 bridgehead atoms. The first-order chi connectivity index (χ1) is 16.2. The quantitative estimate of drug-likeness (QED) is 0.324. The average Bonchev–Trinajstić information content (AvgIpc) is 2.81. The molecule has 1 heterocycles. The minimum atomic E-state index is -4.01. The lowest BCUT2D eigenvalue weighted by atomic mass is 10.1. The Kier molecular flexibility index (Phi) is 6.23. The number of hydrogen-bond donors (Lipinski definition) is 1. The van der Waals surface area contributed by atoms with Gasteiger partial charge in [-0.1, -0.05) is 48.0 Å². The number of amides is 4. The van der Waals surface area contributed by atoms with Crippen molar-refractivity contribution in [1.82, 2.24) is 5.32 Å². The maximum Gasteiger partial charge on any atom is 0.339 e. The zero-order valence-electron chi connectivity index (χ0n) is 17.7. The molecule has 1 N–H and O–H groups in total. The summed E-state index contributed by atoms with van der Waals surface area (Å²) in [6.45, 7) is 1.65. The molecule has 0 saturated carbocycles. The Morgan fingerprint density at radius 1 is 0.912 bits per heavy atom. The summed E-state index contributed by atoms with van der Waals surface area (Å²) < 4.78 is 29.9. The molecule has 0 aliphatic carbocycles. The van der Waals surface area contributed by atoms with Crippen LogP contribution in [0.1, 0.15) is 11.1 Å². The van der Waals surface area contributed by atoms with Crippen molar-refractivity contribution in [3.05, 3.63) is 94.5 Å². The Hall–Kier alpha value is -3.95. The Labute approximate surface area is 200 Å². The number of barbiturate groups is 1. The van der Waals surface area contributed by atoms with Crippen LogP contribution in [-0.2, 0) is 19.7 Å². The highest BCUT2D eigenvalue weighted by Crippen LogP contribution is 2.29. The van der Waals surface area contributed by atoms with Crippen molar-refractivity contribution >= 4 is 51.3 Å². The van der Waals surface area contributed by atoms with Crippen molar-refractivity contribution in [2.45, 2.75) is 11.8 Å². The number of urea groups is 1. The molecular weight excluding hydrogens is 480 g/mol. The van der Waals surface area contributed by atoms with Gasteiger partial charge in [-0.05, 0) is 60.5 Å². The van der Waals surface area contributed by atoms with Crippen molar-refractivity contribution in [3.8, 4) is 5.75 Å². The van der Waals surface area contributed by atoms with E-state index in [1.807, 2.05) is 0 Å². The summed E-state index contributed by atoms with van der Waals surface area (Å²) in [6, 6.07) is 17.3. The maximum atomic E-state index is 13.1. The molecule has 0 spiro atoms. The minimum absolute atomic E-state index is 0.00624. The summed E-state index contributed by atoms with van der Waals surface area (Å²) in [5.74, 6) is -1.61. The number of rotatable bonds is 5. The lowest BCUT2D eigenvalue weighted by Crippen LogP contribution is -2.54. The number of anilines is 1. The SMILES string of the molecule is Cc1c(Cl)cccc1N1C(=O)NC(=O)/C(=C\c2ccc(OS(=O)(=O)c3ccccc3)cc2)C1=O. The molecule has 8 nitrogen and oxygen atoms in total. The van der Waals surface area contributed by atoms with Crippen LogP contribution >= 0.6 is 11.6 Å². The summed E-state index contributed by atoms with van der Waals surface area (Å²) in [4.78, 5) is 38.7. The molecule has 0 unspecified atom stereocenters. The predicted molar refractivity (Wildman–Crippen MR) is 126 cm³/mol. The summed E-state index contributed by atoms with van der Waals surface area (Å²) in [5, 5.41) is 2.51. The molecule has 34 heavy (non-hydrogen) atoms. The van der Waals surface area contributed by atoms with Crippen molar-refractivity contribution in [2.24, 2.45) is 0 Å². The number of halogens is 1. The zero-order chi connectivity index (χ0) is 24.5. The smallest absolute Gasteiger partial charge is 0.339 e. The van der Waals surface area contributed by atoms with Crippen LogP contribution in [-0.4, -0.2) is 26.3 Å². The van der Waals surface area contributed by atoms with Gasteiger partial charge in [-0.15, -0.1) is 0 Å². The molecule has 0 atom stereocenters. The molecule has 4 rings (SSSR count). The lowest BCUT2D eigenvalue weighted by molar-refractivity contribution is -0.122. The fraction of sp³-hybridized carbons (Fsp3) is 0.0417. The number of benzene rings is 3. The van der Waals surface area contributed by atoms with Crippen LogP contribution < -0.4 is 14.4 Å². The molecule has 1 aliphatic rings. The van der Waals surface area contributed by atoms with E-state index >= 15 is 0 Å². The van der Waals surface area contributed by atoms with E-state index in [0.29, 0.717) is 16.1 Å². The third-order valence-corrected chi connectivity index (χ3v) is 6.68. The van der Waals surface area contributed by atoms with Gasteiger partial charge >= 0.3 is 16.1 Å². The Bertz CT molecular complexity index is 1430. The normalized spacial score (nSPS) is 15.4. The Morgan fingerprint density at radius 2 is 1.59 bits per heavy atom. The Morgan fingerprint density at radius 3 is 2.26 bits per heavy atom. The predicted octanol–water partition coefficient (Wildman–Crippen LogP) is 4.08. The highest BCUT2D eigenvalue weighted by Gasteiger charge is 2.37. The number of nitrogens with zero attached hydrogens (tertiary/aromatic N) is 1. The molecule has 4 amide bonds. The number of carbonyl (C=O) groups excluding carboxylic acids is 3.